The number of amides is 2. The van der Waals surface area contributed by atoms with E-state index in [0.29, 0.717) is 25.9 Å². The summed E-state index contributed by atoms with van der Waals surface area (Å²) < 4.78 is 0. The summed E-state index contributed by atoms with van der Waals surface area (Å²) in [6.45, 7) is 4.93. The molecular formula is C13H18N2O2S. The first-order valence-electron chi connectivity index (χ1n) is 6.19. The molecule has 4 nitrogen and oxygen atoms in total. The highest BCUT2D eigenvalue weighted by molar-refractivity contribution is 7.10. The Kier molecular flexibility index (Phi) is 3.71. The quantitative estimate of drug-likeness (QED) is 0.899. The maximum atomic E-state index is 12.3. The van der Waals surface area contributed by atoms with E-state index in [-0.39, 0.29) is 11.8 Å². The molecule has 1 aromatic rings. The Labute approximate surface area is 111 Å². The number of nitrogens with zero attached hydrogens (tertiary/aromatic N) is 1. The third-order valence-electron chi connectivity index (χ3n) is 3.60. The van der Waals surface area contributed by atoms with Crippen LogP contribution in [0.15, 0.2) is 17.5 Å². The van der Waals surface area contributed by atoms with Crippen LogP contribution < -0.4 is 5.32 Å². The zero-order chi connectivity index (χ0) is 13.2. The van der Waals surface area contributed by atoms with E-state index in [0.717, 1.165) is 4.88 Å². The van der Waals surface area contributed by atoms with Crippen molar-refractivity contribution in [2.45, 2.75) is 32.2 Å². The highest BCUT2D eigenvalue weighted by Gasteiger charge is 2.42. The van der Waals surface area contributed by atoms with Crippen LogP contribution in [0, 0.1) is 0 Å². The molecule has 0 unspecified atom stereocenters. The number of carbonyl (C=O) groups excluding carboxylic acids is 2. The molecule has 2 heterocycles. The Morgan fingerprint density at radius 2 is 2.39 bits per heavy atom. The van der Waals surface area contributed by atoms with Gasteiger partial charge in [0.15, 0.2) is 0 Å². The zero-order valence-corrected chi connectivity index (χ0v) is 11.5. The highest BCUT2D eigenvalue weighted by atomic mass is 32.1. The first-order valence-corrected chi connectivity index (χ1v) is 7.07. The second kappa shape index (κ2) is 5.10. The molecule has 0 aliphatic carbocycles. The Balaban J connectivity index is 2.15. The van der Waals surface area contributed by atoms with Gasteiger partial charge in [-0.3, -0.25) is 9.59 Å². The van der Waals surface area contributed by atoms with Gasteiger partial charge in [-0.1, -0.05) is 13.0 Å². The number of rotatable bonds is 3. The lowest BCUT2D eigenvalue weighted by atomic mass is 9.92. The van der Waals surface area contributed by atoms with Gasteiger partial charge in [0.1, 0.15) is 5.54 Å². The van der Waals surface area contributed by atoms with E-state index in [1.165, 1.54) is 0 Å². The predicted molar refractivity (Wildman–Crippen MR) is 71.4 cm³/mol. The average Bonchev–Trinajstić information content (AvgIpc) is 2.85. The molecule has 0 radical (unpaired) electrons. The molecule has 1 saturated heterocycles. The fraction of sp³-hybridized carbons (Fsp3) is 0.538. The van der Waals surface area contributed by atoms with E-state index in [1.807, 2.05) is 31.4 Å². The van der Waals surface area contributed by atoms with Gasteiger partial charge in [0.25, 0.3) is 0 Å². The number of piperazine rings is 1. The summed E-state index contributed by atoms with van der Waals surface area (Å²) >= 11 is 1.58. The fourth-order valence-corrected chi connectivity index (χ4v) is 2.95. The molecule has 5 heteroatoms. The van der Waals surface area contributed by atoms with Gasteiger partial charge < -0.3 is 10.2 Å². The SMILES string of the molecule is CC[C@@]1(C)C(=O)NCCN1C(=O)Cc1cccs1. The summed E-state index contributed by atoms with van der Waals surface area (Å²) in [5.41, 5.74) is -0.702. The van der Waals surface area contributed by atoms with Crippen LogP contribution in [-0.4, -0.2) is 35.3 Å². The monoisotopic (exact) mass is 266 g/mol. The normalized spacial score (nSPS) is 23.9. The molecule has 1 N–H and O–H groups in total. The van der Waals surface area contributed by atoms with Gasteiger partial charge in [-0.2, -0.15) is 0 Å². The van der Waals surface area contributed by atoms with E-state index in [2.05, 4.69) is 5.32 Å². The molecule has 1 fully saturated rings. The molecule has 2 rings (SSSR count). The molecule has 1 aromatic heterocycles. The van der Waals surface area contributed by atoms with Gasteiger partial charge in [-0.05, 0) is 24.8 Å². The maximum Gasteiger partial charge on any atom is 0.245 e. The molecule has 1 aliphatic rings. The molecule has 0 saturated carbocycles. The number of nitrogens with one attached hydrogen (secondary N) is 1. The third kappa shape index (κ3) is 2.27. The van der Waals surface area contributed by atoms with E-state index in [1.54, 1.807) is 16.2 Å². The molecule has 0 spiro atoms. The van der Waals surface area contributed by atoms with Gasteiger partial charge in [-0.15, -0.1) is 11.3 Å². The Bertz CT molecular complexity index is 444. The van der Waals surface area contributed by atoms with Crippen molar-refractivity contribution in [1.29, 1.82) is 0 Å². The minimum absolute atomic E-state index is 0.0386. The standard InChI is InChI=1S/C13H18N2O2S/c1-3-13(2)12(17)14-6-7-15(13)11(16)9-10-5-4-8-18-10/h4-5,8H,3,6-7,9H2,1-2H3,(H,14,17)/t13-/m0/s1. The van der Waals surface area contributed by atoms with Crippen LogP contribution >= 0.6 is 11.3 Å². The first kappa shape index (κ1) is 13.1. The summed E-state index contributed by atoms with van der Waals surface area (Å²) in [6, 6.07) is 3.89. The molecular weight excluding hydrogens is 248 g/mol. The Morgan fingerprint density at radius 1 is 1.61 bits per heavy atom. The van der Waals surface area contributed by atoms with Crippen LogP contribution in [0.5, 0.6) is 0 Å². The summed E-state index contributed by atoms with van der Waals surface area (Å²) in [4.78, 5) is 27.1. The van der Waals surface area contributed by atoms with Crippen molar-refractivity contribution in [3.05, 3.63) is 22.4 Å². The maximum absolute atomic E-state index is 12.3. The minimum atomic E-state index is -0.702. The van der Waals surface area contributed by atoms with E-state index < -0.39 is 5.54 Å². The Hall–Kier alpha value is -1.36. The lowest BCUT2D eigenvalue weighted by Crippen LogP contribution is -2.64. The van der Waals surface area contributed by atoms with Crippen molar-refractivity contribution in [2.75, 3.05) is 13.1 Å². The van der Waals surface area contributed by atoms with Gasteiger partial charge >= 0.3 is 0 Å². The summed E-state index contributed by atoms with van der Waals surface area (Å²) in [6.07, 6.45) is 1.02. The summed E-state index contributed by atoms with van der Waals surface area (Å²) in [5, 5.41) is 4.80. The number of carbonyl (C=O) groups is 2. The third-order valence-corrected chi connectivity index (χ3v) is 4.48. The second-order valence-electron chi connectivity index (χ2n) is 4.68. The zero-order valence-electron chi connectivity index (χ0n) is 10.7. The number of hydrogen-bond donors (Lipinski definition) is 1. The van der Waals surface area contributed by atoms with Crippen LogP contribution in [0.1, 0.15) is 25.1 Å². The van der Waals surface area contributed by atoms with Crippen LogP contribution in [0.3, 0.4) is 0 Å². The van der Waals surface area contributed by atoms with E-state index in [4.69, 9.17) is 0 Å². The van der Waals surface area contributed by atoms with Crippen LogP contribution in [0.25, 0.3) is 0 Å². The fourth-order valence-electron chi connectivity index (χ4n) is 2.25. The average molecular weight is 266 g/mol. The van der Waals surface area contributed by atoms with Gasteiger partial charge in [0.05, 0.1) is 6.42 Å². The lowest BCUT2D eigenvalue weighted by molar-refractivity contribution is -0.150. The predicted octanol–water partition coefficient (Wildman–Crippen LogP) is 1.42. The van der Waals surface area contributed by atoms with Crippen LogP contribution in [0.2, 0.25) is 0 Å². The topological polar surface area (TPSA) is 49.4 Å². The smallest absolute Gasteiger partial charge is 0.245 e. The van der Waals surface area contributed by atoms with Gasteiger partial charge in [0, 0.05) is 18.0 Å². The minimum Gasteiger partial charge on any atom is -0.352 e. The van der Waals surface area contributed by atoms with Crippen molar-refractivity contribution in [1.82, 2.24) is 10.2 Å². The van der Waals surface area contributed by atoms with E-state index in [9.17, 15) is 9.59 Å². The van der Waals surface area contributed by atoms with Crippen molar-refractivity contribution in [3.8, 4) is 0 Å². The van der Waals surface area contributed by atoms with Crippen molar-refractivity contribution in [3.63, 3.8) is 0 Å². The van der Waals surface area contributed by atoms with Gasteiger partial charge in [-0.25, -0.2) is 0 Å². The molecule has 0 aromatic carbocycles. The summed E-state index contributed by atoms with van der Waals surface area (Å²) in [5.74, 6) is -0.00701. The van der Waals surface area contributed by atoms with E-state index >= 15 is 0 Å². The molecule has 98 valence electrons. The number of hydrogen-bond acceptors (Lipinski definition) is 3. The molecule has 0 bridgehead atoms. The molecule has 18 heavy (non-hydrogen) atoms. The molecule has 1 atom stereocenters. The van der Waals surface area contributed by atoms with Crippen LogP contribution in [-0.2, 0) is 16.0 Å². The lowest BCUT2D eigenvalue weighted by Gasteiger charge is -2.43. The molecule has 2 amide bonds. The van der Waals surface area contributed by atoms with Crippen LogP contribution in [0.4, 0.5) is 0 Å². The molecule has 1 aliphatic heterocycles. The Morgan fingerprint density at radius 3 is 3.00 bits per heavy atom. The summed E-state index contributed by atoms with van der Waals surface area (Å²) in [7, 11) is 0. The van der Waals surface area contributed by atoms with Gasteiger partial charge in [0.2, 0.25) is 11.8 Å². The largest absolute Gasteiger partial charge is 0.352 e. The van der Waals surface area contributed by atoms with Crippen molar-refractivity contribution < 1.29 is 9.59 Å². The first-order chi connectivity index (χ1) is 8.58. The second-order valence-corrected chi connectivity index (χ2v) is 5.72. The highest BCUT2D eigenvalue weighted by Crippen LogP contribution is 2.24. The number of thiophene rings is 1. The van der Waals surface area contributed by atoms with Crippen molar-refractivity contribution in [2.24, 2.45) is 0 Å². The van der Waals surface area contributed by atoms with Crippen molar-refractivity contribution >= 4 is 23.2 Å².